The van der Waals surface area contributed by atoms with E-state index in [4.69, 9.17) is 21.1 Å². The molecule has 1 fully saturated rings. The Morgan fingerprint density at radius 1 is 1.17 bits per heavy atom. The minimum atomic E-state index is -3.70. The quantitative estimate of drug-likeness (QED) is 0.494. The van der Waals surface area contributed by atoms with E-state index >= 15 is 0 Å². The Bertz CT molecular complexity index is 1470. The van der Waals surface area contributed by atoms with Crippen molar-refractivity contribution in [1.29, 1.82) is 0 Å². The second kappa shape index (κ2) is 10.5. The third-order valence-electron chi connectivity index (χ3n) is 6.23. The van der Waals surface area contributed by atoms with Crippen molar-refractivity contribution in [1.82, 2.24) is 13.9 Å². The topological polar surface area (TPSA) is 120 Å². The summed E-state index contributed by atoms with van der Waals surface area (Å²) in [5.41, 5.74) is 0.0479. The maximum absolute atomic E-state index is 13.2. The van der Waals surface area contributed by atoms with Crippen LogP contribution in [-0.2, 0) is 21.4 Å². The van der Waals surface area contributed by atoms with E-state index in [0.717, 1.165) is 19.3 Å². The van der Waals surface area contributed by atoms with Gasteiger partial charge in [0, 0.05) is 30.2 Å². The normalized spacial score (nSPS) is 16.6. The van der Waals surface area contributed by atoms with Gasteiger partial charge >= 0.3 is 5.69 Å². The molecule has 192 valence electrons. The lowest BCUT2D eigenvalue weighted by Gasteiger charge is -2.32. The fourth-order valence-electron chi connectivity index (χ4n) is 4.35. The van der Waals surface area contributed by atoms with Gasteiger partial charge in [-0.1, -0.05) is 18.0 Å². The third-order valence-corrected chi connectivity index (χ3v) is 8.54. The van der Waals surface area contributed by atoms with Gasteiger partial charge in [-0.05, 0) is 44.0 Å². The molecule has 1 aliphatic heterocycles. The molecule has 1 aromatic heterocycles. The van der Waals surface area contributed by atoms with Crippen LogP contribution in [0.3, 0.4) is 0 Å². The number of hydrogen-bond acceptors (Lipinski definition) is 7. The van der Waals surface area contributed by atoms with Crippen molar-refractivity contribution < 1.29 is 22.7 Å². The minimum absolute atomic E-state index is 0.0846. The van der Waals surface area contributed by atoms with Crippen LogP contribution in [0.25, 0.3) is 10.9 Å². The molecule has 1 atom stereocenters. The fourth-order valence-corrected chi connectivity index (χ4v) is 6.32. The number of nitrogens with zero attached hydrogens (tertiary/aromatic N) is 3. The summed E-state index contributed by atoms with van der Waals surface area (Å²) in [7, 11) is -0.806. The van der Waals surface area contributed by atoms with E-state index in [2.05, 4.69) is 10.3 Å². The van der Waals surface area contributed by atoms with Crippen molar-refractivity contribution in [3.05, 3.63) is 52.0 Å². The van der Waals surface area contributed by atoms with E-state index in [1.54, 1.807) is 0 Å². The van der Waals surface area contributed by atoms with Crippen LogP contribution in [0.1, 0.15) is 26.2 Å². The second-order valence-corrected chi connectivity index (χ2v) is 10.8. The molecule has 4 rings (SSSR count). The first-order chi connectivity index (χ1) is 17.1. The second-order valence-electron chi connectivity index (χ2n) is 8.54. The number of nitrogens with one attached hydrogen (secondary N) is 1. The number of methoxy groups -OCH3 is 2. The summed E-state index contributed by atoms with van der Waals surface area (Å²) in [5, 5.41) is 3.38. The van der Waals surface area contributed by atoms with Crippen molar-refractivity contribution in [2.24, 2.45) is 0 Å². The molecule has 1 aliphatic rings. The number of carbonyl (C=O) groups excluding carboxylic acids is 1. The third kappa shape index (κ3) is 5.04. The maximum atomic E-state index is 13.2. The van der Waals surface area contributed by atoms with E-state index in [-0.39, 0.29) is 22.5 Å². The Labute approximate surface area is 213 Å². The summed E-state index contributed by atoms with van der Waals surface area (Å²) in [5.74, 6) is 0.185. The van der Waals surface area contributed by atoms with Gasteiger partial charge in [0.15, 0.2) is 0 Å². The number of piperidine rings is 1. The molecular weight excluding hydrogens is 508 g/mol. The number of sulfonamides is 1. The summed E-state index contributed by atoms with van der Waals surface area (Å²) in [6, 6.07) is 7.41. The van der Waals surface area contributed by atoms with Crippen LogP contribution in [0.4, 0.5) is 5.69 Å². The van der Waals surface area contributed by atoms with Crippen LogP contribution in [0.15, 0.2) is 46.2 Å². The SMILES string of the molecule is COc1cc(OC)c(NC(=O)Cn2c(=O)ncc3cc(S(=O)(=O)N4CCCC[C@@H]4C)ccc32)cc1Cl. The number of rotatable bonds is 7. The number of ether oxygens (including phenoxy) is 2. The molecule has 0 aliphatic carbocycles. The smallest absolute Gasteiger partial charge is 0.348 e. The Kier molecular flexibility index (Phi) is 7.53. The number of anilines is 1. The van der Waals surface area contributed by atoms with Crippen LogP contribution in [0.2, 0.25) is 5.02 Å². The average molecular weight is 535 g/mol. The molecule has 3 aromatic rings. The number of fused-ring (bicyclic) bond motifs is 1. The summed E-state index contributed by atoms with van der Waals surface area (Å²) in [6.45, 7) is 2.02. The lowest BCUT2D eigenvalue weighted by molar-refractivity contribution is -0.116. The van der Waals surface area contributed by atoms with Crippen molar-refractivity contribution in [2.75, 3.05) is 26.1 Å². The van der Waals surface area contributed by atoms with Crippen molar-refractivity contribution in [2.45, 2.75) is 43.7 Å². The average Bonchev–Trinajstić information content (AvgIpc) is 2.85. The number of hydrogen-bond donors (Lipinski definition) is 1. The Balaban J connectivity index is 1.63. The van der Waals surface area contributed by atoms with Crippen molar-refractivity contribution in [3.63, 3.8) is 0 Å². The van der Waals surface area contributed by atoms with Crippen molar-refractivity contribution >= 4 is 44.1 Å². The highest BCUT2D eigenvalue weighted by Gasteiger charge is 2.31. The summed E-state index contributed by atoms with van der Waals surface area (Å²) in [4.78, 5) is 29.4. The molecule has 1 saturated heterocycles. The standard InChI is InChI=1S/C24H27ClN4O6S/c1-15-6-4-5-9-29(15)36(32,33)17-7-8-20-16(10-17)13-26-24(31)28(20)14-23(30)27-19-11-18(25)21(34-2)12-22(19)35-3/h7-8,10-13,15H,4-6,9,14H2,1-3H3,(H,27,30)/t15-/m0/s1. The number of aromatic nitrogens is 2. The first kappa shape index (κ1) is 25.9. The molecule has 0 spiro atoms. The Morgan fingerprint density at radius 3 is 2.61 bits per heavy atom. The van der Waals surface area contributed by atoms with Gasteiger partial charge < -0.3 is 14.8 Å². The molecule has 0 saturated carbocycles. The summed E-state index contributed by atoms with van der Waals surface area (Å²) in [6.07, 6.45) is 3.94. The van der Waals surface area contributed by atoms with Gasteiger partial charge in [0.25, 0.3) is 0 Å². The van der Waals surface area contributed by atoms with Gasteiger partial charge in [-0.3, -0.25) is 9.36 Å². The highest BCUT2D eigenvalue weighted by Crippen LogP contribution is 2.36. The molecule has 0 unspecified atom stereocenters. The number of amides is 1. The highest BCUT2D eigenvalue weighted by molar-refractivity contribution is 7.89. The monoisotopic (exact) mass is 534 g/mol. The fraction of sp³-hybridized carbons (Fsp3) is 0.375. The van der Waals surface area contributed by atoms with E-state index in [0.29, 0.717) is 34.6 Å². The summed E-state index contributed by atoms with van der Waals surface area (Å²) < 4.78 is 39.7. The molecular formula is C24H27ClN4O6S. The first-order valence-electron chi connectivity index (χ1n) is 11.4. The molecule has 1 N–H and O–H groups in total. The maximum Gasteiger partial charge on any atom is 0.348 e. The van der Waals surface area contributed by atoms with Gasteiger partial charge in [-0.2, -0.15) is 4.31 Å². The lowest BCUT2D eigenvalue weighted by Crippen LogP contribution is -2.41. The lowest BCUT2D eigenvalue weighted by atomic mass is 10.1. The van der Waals surface area contributed by atoms with Crippen molar-refractivity contribution in [3.8, 4) is 11.5 Å². The number of carbonyl (C=O) groups is 1. The zero-order valence-corrected chi connectivity index (χ0v) is 21.7. The Morgan fingerprint density at radius 2 is 1.92 bits per heavy atom. The van der Waals surface area contributed by atoms with E-state index in [9.17, 15) is 18.0 Å². The van der Waals surface area contributed by atoms with E-state index in [1.807, 2.05) is 6.92 Å². The van der Waals surface area contributed by atoms with E-state index in [1.165, 1.54) is 59.6 Å². The highest BCUT2D eigenvalue weighted by atomic mass is 35.5. The predicted octanol–water partition coefficient (Wildman–Crippen LogP) is 3.27. The largest absolute Gasteiger partial charge is 0.495 e. The number of halogens is 1. The molecule has 36 heavy (non-hydrogen) atoms. The molecule has 2 aromatic carbocycles. The predicted molar refractivity (Wildman–Crippen MR) is 136 cm³/mol. The molecule has 1 amide bonds. The van der Waals surface area contributed by atoms with Crippen LogP contribution in [0, 0.1) is 0 Å². The molecule has 0 bridgehead atoms. The van der Waals surface area contributed by atoms with Gasteiger partial charge in [-0.15, -0.1) is 0 Å². The van der Waals surface area contributed by atoms with Gasteiger partial charge in [0.05, 0.1) is 35.3 Å². The molecule has 0 radical (unpaired) electrons. The zero-order chi connectivity index (χ0) is 26.0. The molecule has 12 heteroatoms. The molecule has 2 heterocycles. The molecule has 10 nitrogen and oxygen atoms in total. The van der Waals surface area contributed by atoms with Crippen LogP contribution in [0.5, 0.6) is 11.5 Å². The Hall–Kier alpha value is -3.15. The van der Waals surface area contributed by atoms with Gasteiger partial charge in [0.2, 0.25) is 15.9 Å². The number of benzene rings is 2. The summed E-state index contributed by atoms with van der Waals surface area (Å²) >= 11 is 6.17. The zero-order valence-electron chi connectivity index (χ0n) is 20.2. The minimum Gasteiger partial charge on any atom is -0.495 e. The van der Waals surface area contributed by atoms with Gasteiger partial charge in [0.1, 0.15) is 18.0 Å². The van der Waals surface area contributed by atoms with E-state index < -0.39 is 21.6 Å². The van der Waals surface area contributed by atoms with Crippen LogP contribution in [-0.4, -0.2) is 55.0 Å². The first-order valence-corrected chi connectivity index (χ1v) is 13.2. The van der Waals surface area contributed by atoms with Gasteiger partial charge in [-0.25, -0.2) is 18.2 Å². The van der Waals surface area contributed by atoms with Crippen LogP contribution < -0.4 is 20.5 Å². The van der Waals surface area contributed by atoms with Crippen LogP contribution >= 0.6 is 11.6 Å².